The van der Waals surface area contributed by atoms with Crippen LogP contribution in [0.15, 0.2) is 255 Å². The van der Waals surface area contributed by atoms with Crippen LogP contribution in [0.25, 0.3) is 0 Å². The van der Waals surface area contributed by atoms with Crippen molar-refractivity contribution in [2.24, 2.45) is 0 Å². The monoisotopic (exact) mass is 956 g/mol. The topological polar surface area (TPSA) is 40.2 Å². The Morgan fingerprint density at radius 1 is 0.304 bits per heavy atom. The molecule has 0 radical (unpaired) electrons. The molecule has 2 aliphatic heterocycles. The highest BCUT2D eigenvalue weighted by molar-refractivity contribution is 6.44. The molecule has 336 valence electrons. The summed E-state index contributed by atoms with van der Waals surface area (Å²) in [4.78, 5) is 6.45. The van der Waals surface area contributed by atoms with Crippen molar-refractivity contribution in [2.45, 2.75) is 0 Å². The number of benzene rings is 10. The van der Waals surface area contributed by atoms with E-state index in [-0.39, 0.29) is 0 Å². The van der Waals surface area contributed by atoms with Gasteiger partial charge in [0.1, 0.15) is 0 Å². The Balaban J connectivity index is 0.000000134. The maximum atomic E-state index is 7.25. The van der Waals surface area contributed by atoms with Crippen LogP contribution in [0.1, 0.15) is 0 Å². The third-order valence-electron chi connectivity index (χ3n) is 11.4. The fourth-order valence-electron chi connectivity index (χ4n) is 8.23. The molecule has 2 aliphatic rings. The van der Waals surface area contributed by atoms with Gasteiger partial charge in [-0.25, -0.2) is 0 Å². The third kappa shape index (κ3) is 9.69. The van der Waals surface area contributed by atoms with Gasteiger partial charge in [0.25, 0.3) is 0 Å². The lowest BCUT2D eigenvalue weighted by Gasteiger charge is -2.34. The lowest BCUT2D eigenvalue weighted by atomic mass is 10.1. The summed E-state index contributed by atoms with van der Waals surface area (Å²) in [6.45, 7) is 0. The Morgan fingerprint density at radius 3 is 1.09 bits per heavy atom. The van der Waals surface area contributed by atoms with Crippen LogP contribution >= 0.6 is 34.8 Å². The second-order valence-electron chi connectivity index (χ2n) is 15.8. The fourth-order valence-corrected chi connectivity index (χ4v) is 8.90. The molecule has 10 aromatic carbocycles. The van der Waals surface area contributed by atoms with E-state index in [0.29, 0.717) is 15.1 Å². The van der Waals surface area contributed by atoms with Crippen LogP contribution in [0, 0.1) is 0 Å². The fraction of sp³-hybridized carbons (Fsp3) is 0. The maximum Gasteiger partial charge on any atom is 0.151 e. The maximum absolute atomic E-state index is 7.25. The van der Waals surface area contributed by atoms with E-state index in [2.05, 4.69) is 74.6 Å². The molecule has 12 rings (SSSR count). The molecule has 2 heterocycles. The number of hydrogen-bond acceptors (Lipinski definition) is 6. The summed E-state index contributed by atoms with van der Waals surface area (Å²) in [6.07, 6.45) is 0. The number of para-hydroxylation sites is 12. The van der Waals surface area contributed by atoms with Gasteiger partial charge in [-0.3, -0.25) is 0 Å². The molecule has 0 unspecified atom stereocenters. The SMILES string of the molecule is Clc1c(N(c2ccccc2)c2ccccc2)cccc1N1c2ccccc2Oc2ccccc21.Clc1cccc(N(c2ccccc2)c2ccccc2)c1Cl.c1ccc2c(c1)Nc1ccccc1O2. The number of halogens is 3. The van der Waals surface area contributed by atoms with Gasteiger partial charge in [-0.1, -0.05) is 168 Å². The third-order valence-corrected chi connectivity index (χ3v) is 12.6. The first-order valence-corrected chi connectivity index (χ1v) is 23.5. The predicted octanol–water partition coefficient (Wildman–Crippen LogP) is 19.4. The van der Waals surface area contributed by atoms with E-state index in [1.54, 1.807) is 6.07 Å². The summed E-state index contributed by atoms with van der Waals surface area (Å²) < 4.78 is 11.9. The number of hydrogen-bond donors (Lipinski definition) is 1. The molecule has 0 fully saturated rings. The molecule has 9 heteroatoms. The van der Waals surface area contributed by atoms with Gasteiger partial charge >= 0.3 is 0 Å². The Morgan fingerprint density at radius 2 is 0.638 bits per heavy atom. The highest BCUT2D eigenvalue weighted by Crippen LogP contribution is 2.54. The summed E-state index contributed by atoms with van der Waals surface area (Å²) in [7, 11) is 0. The number of nitrogens with zero attached hydrogens (tertiary/aromatic N) is 3. The summed E-state index contributed by atoms with van der Waals surface area (Å²) in [5.74, 6) is 3.36. The van der Waals surface area contributed by atoms with Gasteiger partial charge < -0.3 is 29.5 Å². The first kappa shape index (κ1) is 44.7. The number of anilines is 11. The van der Waals surface area contributed by atoms with Crippen molar-refractivity contribution in [1.82, 2.24) is 0 Å². The molecule has 0 atom stereocenters. The summed E-state index contributed by atoms with van der Waals surface area (Å²) in [5, 5.41) is 5.07. The van der Waals surface area contributed by atoms with E-state index in [9.17, 15) is 0 Å². The van der Waals surface area contributed by atoms with Gasteiger partial charge in [-0.2, -0.15) is 0 Å². The van der Waals surface area contributed by atoms with Crippen LogP contribution in [0.5, 0.6) is 23.0 Å². The minimum atomic E-state index is 0.547. The quantitative estimate of drug-likeness (QED) is 0.172. The average Bonchev–Trinajstić information content (AvgIpc) is 3.41. The largest absolute Gasteiger partial charge is 0.453 e. The van der Waals surface area contributed by atoms with Crippen LogP contribution in [-0.4, -0.2) is 0 Å². The van der Waals surface area contributed by atoms with Crippen LogP contribution in [0.2, 0.25) is 15.1 Å². The molecule has 1 N–H and O–H groups in total. The van der Waals surface area contributed by atoms with E-state index in [4.69, 9.17) is 44.3 Å². The minimum absolute atomic E-state index is 0.547. The van der Waals surface area contributed by atoms with Gasteiger partial charge in [0.15, 0.2) is 23.0 Å². The molecule has 0 aliphatic carbocycles. The second-order valence-corrected chi connectivity index (χ2v) is 17.0. The number of fused-ring (bicyclic) bond motifs is 4. The van der Waals surface area contributed by atoms with Crippen LogP contribution < -0.4 is 29.5 Å². The summed E-state index contributed by atoms with van der Waals surface area (Å²) in [5.41, 5.74) is 10.7. The van der Waals surface area contributed by atoms with Gasteiger partial charge in [-0.15, -0.1) is 0 Å². The number of ether oxygens (including phenoxy) is 2. The van der Waals surface area contributed by atoms with Gasteiger partial charge in [0.2, 0.25) is 0 Å². The van der Waals surface area contributed by atoms with Crippen molar-refractivity contribution in [3.05, 3.63) is 270 Å². The van der Waals surface area contributed by atoms with Gasteiger partial charge in [0, 0.05) is 22.7 Å². The van der Waals surface area contributed by atoms with E-state index in [1.165, 1.54) is 0 Å². The van der Waals surface area contributed by atoms with E-state index >= 15 is 0 Å². The molecular weight excluding hydrogens is 915 g/mol. The first-order chi connectivity index (χ1) is 34.0. The van der Waals surface area contributed by atoms with Gasteiger partial charge in [-0.05, 0) is 121 Å². The molecular formula is C60H43Cl3N4O2. The van der Waals surface area contributed by atoms with E-state index < -0.39 is 0 Å². The van der Waals surface area contributed by atoms with Crippen molar-refractivity contribution in [3.63, 3.8) is 0 Å². The van der Waals surface area contributed by atoms with Crippen molar-refractivity contribution >= 4 is 97.4 Å². The van der Waals surface area contributed by atoms with Gasteiger partial charge in [0.05, 0.1) is 54.9 Å². The zero-order valence-electron chi connectivity index (χ0n) is 37.0. The minimum Gasteiger partial charge on any atom is -0.453 e. The van der Waals surface area contributed by atoms with E-state index in [1.807, 2.05) is 194 Å². The highest BCUT2D eigenvalue weighted by Gasteiger charge is 2.29. The molecule has 0 amide bonds. The standard InChI is InChI=1S/C30H21ClN2O.C18H13Cl2N.C12H9NO/c31-30-26(32(22-12-3-1-4-13-22)23-14-5-2-6-15-23)18-11-19-27(30)33-24-16-7-9-20-28(24)34-29-21-10-8-17-25(29)33;19-16-12-7-13-17(18(16)20)21(14-8-3-1-4-9-14)15-10-5-2-6-11-15;1-3-7-11-9(5-1)13-10-6-2-4-8-12(10)14-11/h1-21H;1-13H;1-8,13H. The second kappa shape index (κ2) is 20.8. The van der Waals surface area contributed by atoms with Crippen LogP contribution in [-0.2, 0) is 0 Å². The molecule has 0 aromatic heterocycles. The van der Waals surface area contributed by atoms with Crippen molar-refractivity contribution in [1.29, 1.82) is 0 Å². The average molecular weight is 958 g/mol. The molecule has 0 bridgehead atoms. The lowest BCUT2D eigenvalue weighted by Crippen LogP contribution is -2.17. The Labute approximate surface area is 417 Å². The Bertz CT molecular complexity index is 3110. The molecule has 69 heavy (non-hydrogen) atoms. The Hall–Kier alpha value is -8.13. The Kier molecular flexibility index (Phi) is 13.5. The zero-order chi connectivity index (χ0) is 46.9. The molecule has 0 saturated heterocycles. The van der Waals surface area contributed by atoms with Crippen molar-refractivity contribution in [2.75, 3.05) is 20.0 Å². The van der Waals surface area contributed by atoms with E-state index in [0.717, 1.165) is 85.6 Å². The van der Waals surface area contributed by atoms with Crippen molar-refractivity contribution < 1.29 is 9.47 Å². The smallest absolute Gasteiger partial charge is 0.151 e. The normalized spacial score (nSPS) is 11.4. The number of rotatable bonds is 7. The molecule has 10 aromatic rings. The molecule has 6 nitrogen and oxygen atoms in total. The predicted molar refractivity (Wildman–Crippen MR) is 288 cm³/mol. The highest BCUT2D eigenvalue weighted by atomic mass is 35.5. The first-order valence-electron chi connectivity index (χ1n) is 22.3. The number of nitrogens with one attached hydrogen (secondary N) is 1. The van der Waals surface area contributed by atoms with Crippen molar-refractivity contribution in [3.8, 4) is 23.0 Å². The summed E-state index contributed by atoms with van der Waals surface area (Å²) in [6, 6.07) is 84.5. The van der Waals surface area contributed by atoms with Crippen LogP contribution in [0.4, 0.5) is 62.6 Å². The lowest BCUT2D eigenvalue weighted by molar-refractivity contribution is 0.477. The van der Waals surface area contributed by atoms with Crippen LogP contribution in [0.3, 0.4) is 0 Å². The zero-order valence-corrected chi connectivity index (χ0v) is 39.3. The summed E-state index contributed by atoms with van der Waals surface area (Å²) >= 11 is 19.8. The molecule has 0 saturated carbocycles. The molecule has 0 spiro atoms.